The Bertz CT molecular complexity index is 950. The molecule has 152 valence electrons. The highest BCUT2D eigenvalue weighted by molar-refractivity contribution is 5.66. The first-order valence-electron chi connectivity index (χ1n) is 9.91. The van der Waals surface area contributed by atoms with Gasteiger partial charge in [-0.25, -0.2) is 4.39 Å². The van der Waals surface area contributed by atoms with Crippen molar-refractivity contribution in [2.45, 2.75) is 25.3 Å². The number of nitrogens with one attached hydrogen (secondary N) is 1. The smallest absolute Gasteiger partial charge is 0.127 e. The SMILES string of the molecule is COc1cccc(OC)c1CN1CCC[C@H](c2[nH]ncc2-c2cccc(F)c2)C1. The summed E-state index contributed by atoms with van der Waals surface area (Å²) in [7, 11) is 3.38. The van der Waals surface area contributed by atoms with Crippen LogP contribution in [0.5, 0.6) is 11.5 Å². The van der Waals surface area contributed by atoms with Gasteiger partial charge in [0.1, 0.15) is 17.3 Å². The van der Waals surface area contributed by atoms with Crippen molar-refractivity contribution in [2.24, 2.45) is 0 Å². The van der Waals surface area contributed by atoms with E-state index in [0.29, 0.717) is 5.92 Å². The Labute approximate surface area is 170 Å². The zero-order valence-electron chi connectivity index (χ0n) is 16.8. The normalized spacial score (nSPS) is 17.3. The van der Waals surface area contributed by atoms with Crippen LogP contribution in [0, 0.1) is 5.82 Å². The third kappa shape index (κ3) is 4.12. The number of benzene rings is 2. The van der Waals surface area contributed by atoms with Gasteiger partial charge in [0.05, 0.1) is 26.0 Å². The van der Waals surface area contributed by atoms with Crippen LogP contribution in [0.25, 0.3) is 11.1 Å². The zero-order valence-corrected chi connectivity index (χ0v) is 16.8. The molecular weight excluding hydrogens is 369 g/mol. The molecule has 2 aromatic carbocycles. The number of likely N-dealkylation sites (tertiary alicyclic amines) is 1. The highest BCUT2D eigenvalue weighted by Crippen LogP contribution is 2.35. The number of halogens is 1. The lowest BCUT2D eigenvalue weighted by molar-refractivity contribution is 0.194. The number of aromatic amines is 1. The van der Waals surface area contributed by atoms with E-state index < -0.39 is 0 Å². The van der Waals surface area contributed by atoms with Gasteiger partial charge < -0.3 is 9.47 Å². The Morgan fingerprint density at radius 2 is 1.90 bits per heavy atom. The lowest BCUT2D eigenvalue weighted by Gasteiger charge is -2.33. The first kappa shape index (κ1) is 19.5. The van der Waals surface area contributed by atoms with Gasteiger partial charge in [-0.3, -0.25) is 10.00 Å². The summed E-state index contributed by atoms with van der Waals surface area (Å²) in [5, 5.41) is 7.44. The van der Waals surface area contributed by atoms with E-state index in [1.54, 1.807) is 32.5 Å². The maximum atomic E-state index is 13.7. The van der Waals surface area contributed by atoms with Crippen molar-refractivity contribution in [3.05, 3.63) is 65.7 Å². The molecule has 0 saturated carbocycles. The van der Waals surface area contributed by atoms with E-state index in [1.807, 2.05) is 24.3 Å². The molecule has 1 atom stereocenters. The fourth-order valence-corrected chi connectivity index (χ4v) is 4.24. The van der Waals surface area contributed by atoms with Crippen LogP contribution in [0.15, 0.2) is 48.7 Å². The Morgan fingerprint density at radius 3 is 2.62 bits per heavy atom. The zero-order chi connectivity index (χ0) is 20.2. The second-order valence-corrected chi connectivity index (χ2v) is 7.42. The maximum Gasteiger partial charge on any atom is 0.127 e. The standard InChI is InChI=1S/C23H26FN3O2/c1-28-21-9-4-10-22(29-2)20(21)15-27-11-5-7-17(14-27)23-19(13-25-26-23)16-6-3-8-18(24)12-16/h3-4,6,8-10,12-13,17H,5,7,11,14-15H2,1-2H3,(H,25,26)/t17-/m0/s1. The van der Waals surface area contributed by atoms with Gasteiger partial charge in [-0.1, -0.05) is 18.2 Å². The van der Waals surface area contributed by atoms with E-state index in [1.165, 1.54) is 6.07 Å². The van der Waals surface area contributed by atoms with Crippen molar-refractivity contribution in [3.8, 4) is 22.6 Å². The molecule has 0 aliphatic carbocycles. The summed E-state index contributed by atoms with van der Waals surface area (Å²) in [5.41, 5.74) is 3.98. The minimum atomic E-state index is -0.233. The summed E-state index contributed by atoms with van der Waals surface area (Å²) in [5.74, 6) is 1.76. The van der Waals surface area contributed by atoms with Crippen molar-refractivity contribution in [1.29, 1.82) is 0 Å². The van der Waals surface area contributed by atoms with Crippen molar-refractivity contribution in [3.63, 3.8) is 0 Å². The third-order valence-electron chi connectivity index (χ3n) is 5.63. The summed E-state index contributed by atoms with van der Waals surface area (Å²) in [4.78, 5) is 2.42. The van der Waals surface area contributed by atoms with Gasteiger partial charge in [-0.05, 0) is 49.2 Å². The lowest BCUT2D eigenvalue weighted by Crippen LogP contribution is -2.34. The van der Waals surface area contributed by atoms with Crippen LogP contribution in [0.3, 0.4) is 0 Å². The molecule has 0 unspecified atom stereocenters. The van der Waals surface area contributed by atoms with E-state index in [0.717, 1.165) is 66.4 Å². The van der Waals surface area contributed by atoms with Crippen molar-refractivity contribution in [1.82, 2.24) is 15.1 Å². The van der Waals surface area contributed by atoms with Crippen LogP contribution in [-0.4, -0.2) is 42.4 Å². The molecule has 2 heterocycles. The summed E-state index contributed by atoms with van der Waals surface area (Å²) in [6.45, 7) is 2.67. The topological polar surface area (TPSA) is 50.4 Å². The predicted molar refractivity (Wildman–Crippen MR) is 111 cm³/mol. The van der Waals surface area contributed by atoms with E-state index >= 15 is 0 Å². The molecule has 6 heteroatoms. The molecule has 1 N–H and O–H groups in total. The van der Waals surface area contributed by atoms with Crippen LogP contribution in [0.4, 0.5) is 4.39 Å². The van der Waals surface area contributed by atoms with E-state index in [4.69, 9.17) is 9.47 Å². The average Bonchev–Trinajstić information content (AvgIpc) is 3.24. The number of ether oxygens (including phenoxy) is 2. The molecule has 1 saturated heterocycles. The molecule has 0 bridgehead atoms. The van der Waals surface area contributed by atoms with Gasteiger partial charge in [-0.15, -0.1) is 0 Å². The van der Waals surface area contributed by atoms with E-state index in [-0.39, 0.29) is 5.82 Å². The highest BCUT2D eigenvalue weighted by Gasteiger charge is 2.26. The first-order chi connectivity index (χ1) is 14.2. The maximum absolute atomic E-state index is 13.7. The molecule has 0 radical (unpaired) electrons. The number of nitrogens with zero attached hydrogens (tertiary/aromatic N) is 2. The minimum absolute atomic E-state index is 0.233. The Kier molecular flexibility index (Phi) is 5.81. The summed E-state index contributed by atoms with van der Waals surface area (Å²) in [6.07, 6.45) is 3.96. The Balaban J connectivity index is 1.56. The Morgan fingerprint density at radius 1 is 1.14 bits per heavy atom. The number of aromatic nitrogens is 2. The van der Waals surface area contributed by atoms with Crippen molar-refractivity contribution < 1.29 is 13.9 Å². The van der Waals surface area contributed by atoms with Gasteiger partial charge in [-0.2, -0.15) is 5.10 Å². The van der Waals surface area contributed by atoms with Crippen LogP contribution in [0.2, 0.25) is 0 Å². The van der Waals surface area contributed by atoms with E-state index in [9.17, 15) is 4.39 Å². The molecule has 1 aliphatic rings. The fraction of sp³-hybridized carbons (Fsp3) is 0.348. The van der Waals surface area contributed by atoms with E-state index in [2.05, 4.69) is 15.1 Å². The quantitative estimate of drug-likeness (QED) is 0.662. The van der Waals surface area contributed by atoms with Crippen LogP contribution in [-0.2, 0) is 6.54 Å². The van der Waals surface area contributed by atoms with Gasteiger partial charge in [0.15, 0.2) is 0 Å². The number of hydrogen-bond acceptors (Lipinski definition) is 4. The van der Waals surface area contributed by atoms with Gasteiger partial charge in [0.25, 0.3) is 0 Å². The minimum Gasteiger partial charge on any atom is -0.496 e. The second-order valence-electron chi connectivity index (χ2n) is 7.42. The van der Waals surface area contributed by atoms with Gasteiger partial charge in [0, 0.05) is 30.3 Å². The number of H-pyrrole nitrogens is 1. The largest absolute Gasteiger partial charge is 0.496 e. The average molecular weight is 395 g/mol. The van der Waals surface area contributed by atoms with Gasteiger partial charge >= 0.3 is 0 Å². The molecule has 4 rings (SSSR count). The fourth-order valence-electron chi connectivity index (χ4n) is 4.24. The molecule has 1 aromatic heterocycles. The summed E-state index contributed by atoms with van der Waals surface area (Å²) < 4.78 is 24.8. The second kappa shape index (κ2) is 8.66. The molecule has 5 nitrogen and oxygen atoms in total. The third-order valence-corrected chi connectivity index (χ3v) is 5.63. The molecule has 29 heavy (non-hydrogen) atoms. The molecular formula is C23H26FN3O2. The Hall–Kier alpha value is -2.86. The number of hydrogen-bond donors (Lipinski definition) is 1. The molecule has 0 spiro atoms. The van der Waals surface area contributed by atoms with Crippen LogP contribution in [0.1, 0.15) is 30.0 Å². The monoisotopic (exact) mass is 395 g/mol. The van der Waals surface area contributed by atoms with Crippen molar-refractivity contribution >= 4 is 0 Å². The summed E-state index contributed by atoms with van der Waals surface area (Å²) >= 11 is 0. The molecule has 0 amide bonds. The van der Waals surface area contributed by atoms with Gasteiger partial charge in [0.2, 0.25) is 0 Å². The first-order valence-corrected chi connectivity index (χ1v) is 9.91. The molecule has 1 aliphatic heterocycles. The number of rotatable bonds is 6. The number of methoxy groups -OCH3 is 2. The highest BCUT2D eigenvalue weighted by atomic mass is 19.1. The van der Waals surface area contributed by atoms with Crippen molar-refractivity contribution in [2.75, 3.05) is 27.3 Å². The van der Waals surface area contributed by atoms with Crippen LogP contribution < -0.4 is 9.47 Å². The van der Waals surface area contributed by atoms with Crippen LogP contribution >= 0.6 is 0 Å². The molecule has 3 aromatic rings. The lowest BCUT2D eigenvalue weighted by atomic mass is 9.90. The molecule has 1 fully saturated rings. The predicted octanol–water partition coefficient (Wildman–Crippen LogP) is 4.61. The number of piperidine rings is 1. The summed E-state index contributed by atoms with van der Waals surface area (Å²) in [6, 6.07) is 12.6.